The Bertz CT molecular complexity index is 544. The Morgan fingerprint density at radius 3 is 2.89 bits per heavy atom. The van der Waals surface area contributed by atoms with Crippen molar-refractivity contribution in [1.29, 1.82) is 0 Å². The molecule has 1 aromatic rings. The normalized spacial score (nSPS) is 26.3. The smallest absolute Gasteiger partial charge is 0.155 e. The predicted octanol–water partition coefficient (Wildman–Crippen LogP) is 4.33. The summed E-state index contributed by atoms with van der Waals surface area (Å²) in [5.41, 5.74) is 4.43. The zero-order chi connectivity index (χ0) is 12.8. The van der Waals surface area contributed by atoms with Crippen LogP contribution in [0.1, 0.15) is 43.7 Å². The van der Waals surface area contributed by atoms with E-state index in [-0.39, 0.29) is 5.41 Å². The van der Waals surface area contributed by atoms with Crippen LogP contribution in [-0.4, -0.2) is 5.78 Å². The number of carbonyl (C=O) groups is 1. The van der Waals surface area contributed by atoms with Gasteiger partial charge in [-0.1, -0.05) is 34.5 Å². The number of hydrogen-bond donors (Lipinski definition) is 0. The molecule has 1 nitrogen and oxygen atoms in total. The van der Waals surface area contributed by atoms with Gasteiger partial charge < -0.3 is 0 Å². The molecule has 0 fully saturated rings. The molecule has 2 aliphatic carbocycles. The molecule has 0 spiro atoms. The van der Waals surface area contributed by atoms with Crippen molar-refractivity contribution in [2.45, 2.75) is 44.4 Å². The van der Waals surface area contributed by atoms with Gasteiger partial charge in [0.25, 0.3) is 0 Å². The molecule has 0 N–H and O–H groups in total. The Labute approximate surface area is 116 Å². The van der Waals surface area contributed by atoms with Gasteiger partial charge in [-0.2, -0.15) is 0 Å². The Balaban J connectivity index is 2.19. The molecule has 0 unspecified atom stereocenters. The molecule has 0 heterocycles. The standard InChI is InChI=1S/C16H17BrO/c1-2-16-8-7-14(18)10-12(16)4-3-11-9-13(17)5-6-15(11)16/h5-6,9-10H,2-4,7-8H2,1H3/t16-/m1/s1. The maximum Gasteiger partial charge on any atom is 0.155 e. The lowest BCUT2D eigenvalue weighted by Crippen LogP contribution is -2.36. The Morgan fingerprint density at radius 2 is 2.11 bits per heavy atom. The molecule has 3 rings (SSSR count). The van der Waals surface area contributed by atoms with Gasteiger partial charge in [-0.25, -0.2) is 0 Å². The van der Waals surface area contributed by atoms with Crippen LogP contribution in [-0.2, 0) is 16.6 Å². The van der Waals surface area contributed by atoms with E-state index in [0.29, 0.717) is 12.2 Å². The van der Waals surface area contributed by atoms with Crippen LogP contribution < -0.4 is 0 Å². The van der Waals surface area contributed by atoms with Gasteiger partial charge in [0.1, 0.15) is 0 Å². The van der Waals surface area contributed by atoms with Crippen molar-refractivity contribution in [2.75, 3.05) is 0 Å². The van der Waals surface area contributed by atoms with E-state index in [9.17, 15) is 4.79 Å². The van der Waals surface area contributed by atoms with Gasteiger partial charge in [0.05, 0.1) is 0 Å². The number of benzene rings is 1. The maximum atomic E-state index is 11.7. The molecular weight excluding hydrogens is 288 g/mol. The van der Waals surface area contributed by atoms with E-state index in [1.54, 1.807) is 0 Å². The lowest BCUT2D eigenvalue weighted by molar-refractivity contribution is -0.115. The van der Waals surface area contributed by atoms with E-state index in [0.717, 1.165) is 30.2 Å². The molecule has 18 heavy (non-hydrogen) atoms. The number of allylic oxidation sites excluding steroid dienone is 2. The minimum Gasteiger partial charge on any atom is -0.295 e. The monoisotopic (exact) mass is 304 g/mol. The Hall–Kier alpha value is -0.890. The van der Waals surface area contributed by atoms with Crippen LogP contribution in [0.2, 0.25) is 0 Å². The number of fused-ring (bicyclic) bond motifs is 3. The molecule has 0 bridgehead atoms. The van der Waals surface area contributed by atoms with E-state index in [1.165, 1.54) is 16.7 Å². The quantitative estimate of drug-likeness (QED) is 0.754. The van der Waals surface area contributed by atoms with Crippen LogP contribution >= 0.6 is 15.9 Å². The third kappa shape index (κ3) is 1.70. The first kappa shape index (κ1) is 12.2. The zero-order valence-electron chi connectivity index (χ0n) is 10.6. The van der Waals surface area contributed by atoms with Crippen molar-refractivity contribution < 1.29 is 4.79 Å². The Morgan fingerprint density at radius 1 is 1.28 bits per heavy atom. The first-order chi connectivity index (χ1) is 8.65. The van der Waals surface area contributed by atoms with Gasteiger partial charge in [-0.05, 0) is 55.0 Å². The maximum absolute atomic E-state index is 11.7. The van der Waals surface area contributed by atoms with Crippen molar-refractivity contribution in [3.8, 4) is 0 Å². The first-order valence-corrected chi connectivity index (χ1v) is 7.48. The van der Waals surface area contributed by atoms with Crippen molar-refractivity contribution >= 4 is 21.7 Å². The van der Waals surface area contributed by atoms with Crippen molar-refractivity contribution in [2.24, 2.45) is 0 Å². The van der Waals surface area contributed by atoms with Gasteiger partial charge in [0.2, 0.25) is 0 Å². The van der Waals surface area contributed by atoms with Crippen LogP contribution in [0.15, 0.2) is 34.3 Å². The second-order valence-corrected chi connectivity index (χ2v) is 6.29. The molecule has 0 aliphatic heterocycles. The summed E-state index contributed by atoms with van der Waals surface area (Å²) < 4.78 is 1.16. The molecule has 1 atom stereocenters. The largest absolute Gasteiger partial charge is 0.295 e. The minimum atomic E-state index is 0.141. The molecule has 0 saturated carbocycles. The third-order valence-electron chi connectivity index (χ3n) is 4.60. The van der Waals surface area contributed by atoms with Crippen molar-refractivity contribution in [1.82, 2.24) is 0 Å². The number of carbonyl (C=O) groups excluding carboxylic acids is 1. The van der Waals surface area contributed by atoms with Crippen molar-refractivity contribution in [3.05, 3.63) is 45.4 Å². The molecule has 0 amide bonds. The molecular formula is C16H17BrO. The van der Waals surface area contributed by atoms with Gasteiger partial charge in [0.15, 0.2) is 5.78 Å². The highest BCUT2D eigenvalue weighted by atomic mass is 79.9. The van der Waals surface area contributed by atoms with E-state index in [4.69, 9.17) is 0 Å². The Kier molecular flexibility index (Phi) is 2.93. The second kappa shape index (κ2) is 4.34. The second-order valence-electron chi connectivity index (χ2n) is 5.37. The summed E-state index contributed by atoms with van der Waals surface area (Å²) in [6, 6.07) is 6.64. The average Bonchev–Trinajstić information content (AvgIpc) is 2.38. The highest BCUT2D eigenvalue weighted by Crippen LogP contribution is 2.49. The predicted molar refractivity (Wildman–Crippen MR) is 76.8 cm³/mol. The van der Waals surface area contributed by atoms with Crippen LogP contribution in [0.5, 0.6) is 0 Å². The van der Waals surface area contributed by atoms with E-state index in [1.807, 2.05) is 6.08 Å². The lowest BCUT2D eigenvalue weighted by Gasteiger charge is -2.43. The number of aryl methyl sites for hydroxylation is 1. The SMILES string of the molecule is CC[C@@]12CCC(=O)C=C1CCc1cc(Br)ccc12. The van der Waals surface area contributed by atoms with Crippen molar-refractivity contribution in [3.63, 3.8) is 0 Å². The summed E-state index contributed by atoms with van der Waals surface area (Å²) in [5, 5.41) is 0. The summed E-state index contributed by atoms with van der Waals surface area (Å²) >= 11 is 3.56. The number of halogens is 1. The molecule has 2 heteroatoms. The number of rotatable bonds is 1. The topological polar surface area (TPSA) is 17.1 Å². The van der Waals surface area contributed by atoms with Gasteiger partial charge in [0, 0.05) is 16.3 Å². The lowest BCUT2D eigenvalue weighted by atomic mass is 9.60. The first-order valence-electron chi connectivity index (χ1n) is 6.68. The fourth-order valence-corrected chi connectivity index (χ4v) is 4.03. The number of hydrogen-bond acceptors (Lipinski definition) is 1. The summed E-state index contributed by atoms with van der Waals surface area (Å²) in [5.74, 6) is 0.314. The minimum absolute atomic E-state index is 0.141. The average molecular weight is 305 g/mol. The molecule has 94 valence electrons. The highest BCUT2D eigenvalue weighted by molar-refractivity contribution is 9.10. The summed E-state index contributed by atoms with van der Waals surface area (Å²) in [6.07, 6.45) is 6.83. The van der Waals surface area contributed by atoms with Crippen LogP contribution in [0, 0.1) is 0 Å². The van der Waals surface area contributed by atoms with Gasteiger partial charge in [-0.3, -0.25) is 4.79 Å². The fraction of sp³-hybridized carbons (Fsp3) is 0.438. The van der Waals surface area contributed by atoms with E-state index < -0.39 is 0 Å². The van der Waals surface area contributed by atoms with Crippen LogP contribution in [0.4, 0.5) is 0 Å². The van der Waals surface area contributed by atoms with Gasteiger partial charge >= 0.3 is 0 Å². The van der Waals surface area contributed by atoms with Crippen LogP contribution in [0.25, 0.3) is 0 Å². The van der Waals surface area contributed by atoms with Gasteiger partial charge in [-0.15, -0.1) is 0 Å². The molecule has 2 aliphatic rings. The van der Waals surface area contributed by atoms with E-state index in [2.05, 4.69) is 41.1 Å². The van der Waals surface area contributed by atoms with Crippen LogP contribution in [0.3, 0.4) is 0 Å². The fourth-order valence-electron chi connectivity index (χ4n) is 3.62. The summed E-state index contributed by atoms with van der Waals surface area (Å²) in [4.78, 5) is 11.7. The third-order valence-corrected chi connectivity index (χ3v) is 5.09. The molecule has 0 aromatic heterocycles. The summed E-state index contributed by atoms with van der Waals surface area (Å²) in [7, 11) is 0. The molecule has 1 aromatic carbocycles. The number of ketones is 1. The van der Waals surface area contributed by atoms with E-state index >= 15 is 0 Å². The zero-order valence-corrected chi connectivity index (χ0v) is 12.2. The molecule has 0 saturated heterocycles. The summed E-state index contributed by atoms with van der Waals surface area (Å²) in [6.45, 7) is 2.25. The highest BCUT2D eigenvalue weighted by Gasteiger charge is 2.41. The molecule has 0 radical (unpaired) electrons.